The largest absolute Gasteiger partial charge is 0.493 e. The van der Waals surface area contributed by atoms with Crippen molar-refractivity contribution in [2.24, 2.45) is 5.92 Å². The first-order valence-electron chi connectivity index (χ1n) is 7.35. The van der Waals surface area contributed by atoms with Gasteiger partial charge in [0.25, 0.3) is 5.91 Å². The average Bonchev–Trinajstić information content (AvgIpc) is 3.01. The summed E-state index contributed by atoms with van der Waals surface area (Å²) in [4.78, 5) is 25.0. The molecule has 0 bridgehead atoms. The molecule has 1 aliphatic rings. The lowest BCUT2D eigenvalue weighted by atomic mass is 10.1. The van der Waals surface area contributed by atoms with Gasteiger partial charge in [-0.1, -0.05) is 6.07 Å². The molecule has 1 heterocycles. The van der Waals surface area contributed by atoms with E-state index in [2.05, 4.69) is 0 Å². The third-order valence-electron chi connectivity index (χ3n) is 3.67. The van der Waals surface area contributed by atoms with Crippen LogP contribution in [0, 0.1) is 5.92 Å². The monoisotopic (exact) mass is 307 g/mol. The predicted molar refractivity (Wildman–Crippen MR) is 80.1 cm³/mol. The molecule has 1 fully saturated rings. The summed E-state index contributed by atoms with van der Waals surface area (Å²) < 4.78 is 10.5. The molecule has 0 aromatic heterocycles. The maximum atomic E-state index is 12.4. The number of nitrogens with zero attached hydrogens (tertiary/aromatic N) is 1. The number of rotatable bonds is 7. The summed E-state index contributed by atoms with van der Waals surface area (Å²) in [5, 5.41) is 9.00. The molecule has 1 aromatic rings. The van der Waals surface area contributed by atoms with Gasteiger partial charge in [-0.2, -0.15) is 0 Å². The van der Waals surface area contributed by atoms with Crippen LogP contribution in [0.25, 0.3) is 0 Å². The van der Waals surface area contributed by atoms with Crippen molar-refractivity contribution < 1.29 is 24.2 Å². The lowest BCUT2D eigenvalue weighted by Crippen LogP contribution is -2.29. The van der Waals surface area contributed by atoms with E-state index in [-0.39, 0.29) is 12.5 Å². The van der Waals surface area contributed by atoms with Crippen LogP contribution in [-0.4, -0.2) is 55.3 Å². The molecule has 6 heteroatoms. The van der Waals surface area contributed by atoms with E-state index in [9.17, 15) is 9.59 Å². The van der Waals surface area contributed by atoms with Crippen LogP contribution in [0.5, 0.6) is 5.75 Å². The highest BCUT2D eigenvalue weighted by Crippen LogP contribution is 2.21. The van der Waals surface area contributed by atoms with Gasteiger partial charge < -0.3 is 19.5 Å². The third-order valence-corrected chi connectivity index (χ3v) is 3.67. The van der Waals surface area contributed by atoms with Crippen molar-refractivity contribution in [1.29, 1.82) is 0 Å². The Morgan fingerprint density at radius 1 is 1.36 bits per heavy atom. The first kappa shape index (κ1) is 16.3. The molecule has 2 rings (SSSR count). The molecule has 0 saturated carbocycles. The zero-order chi connectivity index (χ0) is 15.9. The molecule has 0 aliphatic carbocycles. The number of carboxylic acid groups (broad SMARTS) is 1. The van der Waals surface area contributed by atoms with E-state index in [1.807, 2.05) is 0 Å². The van der Waals surface area contributed by atoms with Crippen molar-refractivity contribution in [2.75, 3.05) is 33.4 Å². The lowest BCUT2D eigenvalue weighted by molar-refractivity contribution is -0.141. The number of aliphatic carboxylic acids is 1. The Labute approximate surface area is 129 Å². The molecule has 1 N–H and O–H groups in total. The van der Waals surface area contributed by atoms with E-state index in [0.717, 1.165) is 6.42 Å². The second kappa shape index (κ2) is 7.79. The van der Waals surface area contributed by atoms with E-state index in [0.29, 0.717) is 37.5 Å². The standard InChI is InChI=1S/C16H21NO5/c1-21-8-3-9-22-14-5-2-4-12(10-14)15(18)17-7-6-13(11-17)16(19)20/h2,4-5,10,13H,3,6-9,11H2,1H3,(H,19,20). The second-order valence-corrected chi connectivity index (χ2v) is 5.30. The number of carbonyl (C=O) groups is 2. The third kappa shape index (κ3) is 4.21. The van der Waals surface area contributed by atoms with Gasteiger partial charge in [0.05, 0.1) is 12.5 Å². The molecule has 120 valence electrons. The normalized spacial score (nSPS) is 17.5. The predicted octanol–water partition coefficient (Wildman–Crippen LogP) is 1.65. The van der Waals surface area contributed by atoms with Crippen molar-refractivity contribution in [1.82, 2.24) is 4.90 Å². The van der Waals surface area contributed by atoms with Crippen molar-refractivity contribution in [3.8, 4) is 5.75 Å². The van der Waals surface area contributed by atoms with E-state index >= 15 is 0 Å². The van der Waals surface area contributed by atoms with Gasteiger partial charge in [-0.05, 0) is 24.6 Å². The highest BCUT2D eigenvalue weighted by atomic mass is 16.5. The topological polar surface area (TPSA) is 76.1 Å². The molecule has 22 heavy (non-hydrogen) atoms. The van der Waals surface area contributed by atoms with E-state index < -0.39 is 11.9 Å². The molecule has 1 aliphatic heterocycles. The van der Waals surface area contributed by atoms with Gasteiger partial charge >= 0.3 is 5.97 Å². The number of hydrogen-bond acceptors (Lipinski definition) is 4. The maximum Gasteiger partial charge on any atom is 0.308 e. The smallest absolute Gasteiger partial charge is 0.308 e. The van der Waals surface area contributed by atoms with E-state index in [1.165, 1.54) is 0 Å². The Bertz CT molecular complexity index is 531. The quantitative estimate of drug-likeness (QED) is 0.775. The number of ether oxygens (including phenoxy) is 2. The number of hydrogen-bond donors (Lipinski definition) is 1. The van der Waals surface area contributed by atoms with Crippen LogP contribution in [-0.2, 0) is 9.53 Å². The minimum Gasteiger partial charge on any atom is -0.493 e. The highest BCUT2D eigenvalue weighted by Gasteiger charge is 2.31. The lowest BCUT2D eigenvalue weighted by Gasteiger charge is -2.16. The van der Waals surface area contributed by atoms with Crippen LogP contribution in [0.4, 0.5) is 0 Å². The van der Waals surface area contributed by atoms with Crippen LogP contribution in [0.1, 0.15) is 23.2 Å². The second-order valence-electron chi connectivity index (χ2n) is 5.30. The van der Waals surface area contributed by atoms with Gasteiger partial charge in [-0.25, -0.2) is 0 Å². The molecule has 1 amide bonds. The van der Waals surface area contributed by atoms with Gasteiger partial charge in [0.15, 0.2) is 0 Å². The summed E-state index contributed by atoms with van der Waals surface area (Å²) in [6.07, 6.45) is 1.29. The average molecular weight is 307 g/mol. The van der Waals surface area contributed by atoms with Gasteiger partial charge in [-0.3, -0.25) is 9.59 Å². The van der Waals surface area contributed by atoms with Crippen molar-refractivity contribution >= 4 is 11.9 Å². The van der Waals surface area contributed by atoms with Gasteiger partial charge in [0, 0.05) is 38.8 Å². The number of likely N-dealkylation sites (tertiary alicyclic amines) is 1. The van der Waals surface area contributed by atoms with Gasteiger partial charge in [0.2, 0.25) is 0 Å². The molecule has 0 radical (unpaired) electrons. The van der Waals surface area contributed by atoms with Gasteiger partial charge in [0.1, 0.15) is 5.75 Å². The Kier molecular flexibility index (Phi) is 5.77. The fourth-order valence-electron chi connectivity index (χ4n) is 2.44. The van der Waals surface area contributed by atoms with Crippen LogP contribution >= 0.6 is 0 Å². The van der Waals surface area contributed by atoms with Gasteiger partial charge in [-0.15, -0.1) is 0 Å². The number of methoxy groups -OCH3 is 1. The molecule has 1 unspecified atom stereocenters. The highest BCUT2D eigenvalue weighted by molar-refractivity contribution is 5.95. The number of benzene rings is 1. The Morgan fingerprint density at radius 3 is 2.86 bits per heavy atom. The maximum absolute atomic E-state index is 12.4. The summed E-state index contributed by atoms with van der Waals surface area (Å²) in [5.74, 6) is -0.815. The van der Waals surface area contributed by atoms with Crippen LogP contribution in [0.15, 0.2) is 24.3 Å². The van der Waals surface area contributed by atoms with E-state index in [4.69, 9.17) is 14.6 Å². The first-order valence-corrected chi connectivity index (χ1v) is 7.35. The summed E-state index contributed by atoms with van der Waals surface area (Å²) in [5.41, 5.74) is 0.523. The fourth-order valence-corrected chi connectivity index (χ4v) is 2.44. The Morgan fingerprint density at radius 2 is 2.18 bits per heavy atom. The Balaban J connectivity index is 1.94. The molecular weight excluding hydrogens is 286 g/mol. The zero-order valence-corrected chi connectivity index (χ0v) is 12.7. The van der Waals surface area contributed by atoms with Crippen LogP contribution in [0.2, 0.25) is 0 Å². The summed E-state index contributed by atoms with van der Waals surface area (Å²) >= 11 is 0. The molecule has 0 spiro atoms. The zero-order valence-electron chi connectivity index (χ0n) is 12.7. The van der Waals surface area contributed by atoms with Crippen LogP contribution < -0.4 is 4.74 Å². The Hall–Kier alpha value is -2.08. The number of carbonyl (C=O) groups excluding carboxylic acids is 1. The molecular formula is C16H21NO5. The fraction of sp³-hybridized carbons (Fsp3) is 0.500. The summed E-state index contributed by atoms with van der Waals surface area (Å²) in [6.45, 7) is 1.90. The number of carboxylic acids is 1. The first-order chi connectivity index (χ1) is 10.6. The van der Waals surface area contributed by atoms with E-state index in [1.54, 1.807) is 36.3 Å². The SMILES string of the molecule is COCCCOc1cccc(C(=O)N2CCC(C(=O)O)C2)c1. The summed E-state index contributed by atoms with van der Waals surface area (Å²) in [6, 6.07) is 6.99. The van der Waals surface area contributed by atoms with Crippen molar-refractivity contribution in [3.05, 3.63) is 29.8 Å². The van der Waals surface area contributed by atoms with Crippen LogP contribution in [0.3, 0.4) is 0 Å². The minimum atomic E-state index is -0.842. The minimum absolute atomic E-state index is 0.147. The van der Waals surface area contributed by atoms with Crippen molar-refractivity contribution in [2.45, 2.75) is 12.8 Å². The summed E-state index contributed by atoms with van der Waals surface area (Å²) in [7, 11) is 1.64. The molecule has 6 nitrogen and oxygen atoms in total. The number of amides is 1. The van der Waals surface area contributed by atoms with Crippen molar-refractivity contribution in [3.63, 3.8) is 0 Å². The molecule has 1 saturated heterocycles. The molecule has 1 aromatic carbocycles. The molecule has 1 atom stereocenters.